The summed E-state index contributed by atoms with van der Waals surface area (Å²) in [6.45, 7) is 0.161. The van der Waals surface area contributed by atoms with Gasteiger partial charge in [0.15, 0.2) is 11.6 Å². The Morgan fingerprint density at radius 3 is 2.54 bits per heavy atom. The number of methoxy groups -OCH3 is 1. The van der Waals surface area contributed by atoms with E-state index < -0.39 is 11.6 Å². The van der Waals surface area contributed by atoms with Gasteiger partial charge in [-0.05, 0) is 47.0 Å². The lowest BCUT2D eigenvalue weighted by molar-refractivity contribution is 0.415. The molecule has 0 radical (unpaired) electrons. The molecule has 0 atom stereocenters. The van der Waals surface area contributed by atoms with Gasteiger partial charge in [-0.2, -0.15) is 0 Å². The molecule has 3 nitrogen and oxygen atoms in total. The molecule has 0 fully saturated rings. The van der Waals surface area contributed by atoms with Crippen molar-refractivity contribution in [2.24, 2.45) is 0 Å². The molecule has 1 aromatic heterocycles. The van der Waals surface area contributed by atoms with E-state index in [9.17, 15) is 13.6 Å². The number of ether oxygens (including phenoxy) is 1. The van der Waals surface area contributed by atoms with Crippen LogP contribution in [0.1, 0.15) is 5.56 Å². The Balaban J connectivity index is 1.96. The van der Waals surface area contributed by atoms with Gasteiger partial charge in [-0.25, -0.2) is 8.78 Å². The molecule has 0 bridgehead atoms. The summed E-state index contributed by atoms with van der Waals surface area (Å²) in [5, 5.41) is 0. The maximum absolute atomic E-state index is 13.3. The van der Waals surface area contributed by atoms with Gasteiger partial charge < -0.3 is 9.30 Å². The van der Waals surface area contributed by atoms with Crippen molar-refractivity contribution in [3.05, 3.63) is 88.3 Å². The van der Waals surface area contributed by atoms with Crippen LogP contribution in [0.25, 0.3) is 11.1 Å². The largest absolute Gasteiger partial charge is 0.497 e. The van der Waals surface area contributed by atoms with Crippen molar-refractivity contribution >= 4 is 0 Å². The fourth-order valence-corrected chi connectivity index (χ4v) is 2.46. The van der Waals surface area contributed by atoms with Crippen LogP contribution in [0.4, 0.5) is 8.78 Å². The van der Waals surface area contributed by atoms with Crippen LogP contribution in [0.15, 0.2) is 65.6 Å². The van der Waals surface area contributed by atoms with Crippen LogP contribution in [-0.4, -0.2) is 11.7 Å². The molecule has 0 N–H and O–H groups in total. The molecular weight excluding hydrogens is 312 g/mol. The van der Waals surface area contributed by atoms with Crippen LogP contribution in [0.2, 0.25) is 0 Å². The van der Waals surface area contributed by atoms with Crippen LogP contribution in [0.5, 0.6) is 5.75 Å². The smallest absolute Gasteiger partial charge is 0.250 e. The summed E-state index contributed by atoms with van der Waals surface area (Å²) < 4.78 is 33.0. The molecule has 0 saturated carbocycles. The van der Waals surface area contributed by atoms with Crippen molar-refractivity contribution in [3.63, 3.8) is 0 Å². The first-order valence-electron chi connectivity index (χ1n) is 7.35. The molecular formula is C19H15F2NO2. The molecule has 0 aliphatic rings. The first kappa shape index (κ1) is 15.9. The molecule has 0 unspecified atom stereocenters. The molecule has 0 aliphatic heterocycles. The number of pyridine rings is 1. The second-order valence-electron chi connectivity index (χ2n) is 5.36. The highest BCUT2D eigenvalue weighted by atomic mass is 19.2. The fourth-order valence-electron chi connectivity index (χ4n) is 2.46. The lowest BCUT2D eigenvalue weighted by Crippen LogP contribution is -2.19. The van der Waals surface area contributed by atoms with Crippen LogP contribution in [0, 0.1) is 11.6 Å². The van der Waals surface area contributed by atoms with Gasteiger partial charge in [0.2, 0.25) is 0 Å². The molecule has 0 amide bonds. The average Bonchev–Trinajstić information content (AvgIpc) is 2.60. The molecule has 3 rings (SSSR count). The molecule has 0 spiro atoms. The molecule has 0 aliphatic carbocycles. The third-order valence-electron chi connectivity index (χ3n) is 3.72. The van der Waals surface area contributed by atoms with Gasteiger partial charge in [0.25, 0.3) is 5.56 Å². The number of benzene rings is 2. The van der Waals surface area contributed by atoms with Crippen LogP contribution in [0.3, 0.4) is 0 Å². The van der Waals surface area contributed by atoms with E-state index in [1.807, 2.05) is 24.3 Å². The summed E-state index contributed by atoms with van der Waals surface area (Å²) in [5.74, 6) is -1.12. The second-order valence-corrected chi connectivity index (χ2v) is 5.36. The zero-order chi connectivity index (χ0) is 17.1. The summed E-state index contributed by atoms with van der Waals surface area (Å²) in [7, 11) is 1.59. The summed E-state index contributed by atoms with van der Waals surface area (Å²) in [6, 6.07) is 14.3. The number of aromatic nitrogens is 1. The minimum atomic E-state index is -0.926. The predicted molar refractivity (Wildman–Crippen MR) is 88.2 cm³/mol. The fraction of sp³-hybridized carbons (Fsp3) is 0.105. The summed E-state index contributed by atoms with van der Waals surface area (Å²) in [4.78, 5) is 12.1. The van der Waals surface area contributed by atoms with Crippen molar-refractivity contribution in [2.75, 3.05) is 7.11 Å². The number of hydrogen-bond donors (Lipinski definition) is 0. The maximum atomic E-state index is 13.3. The second kappa shape index (κ2) is 6.66. The SMILES string of the molecule is COc1cccc(-c2ccc(=O)n(Cc3ccc(F)c(F)c3)c2)c1. The quantitative estimate of drug-likeness (QED) is 0.729. The van der Waals surface area contributed by atoms with Crippen LogP contribution < -0.4 is 10.3 Å². The van der Waals surface area contributed by atoms with Gasteiger partial charge in [0.1, 0.15) is 5.75 Å². The Morgan fingerprint density at radius 2 is 1.79 bits per heavy atom. The standard InChI is InChI=1S/C19H15F2NO2/c1-24-16-4-2-3-14(10-16)15-6-8-19(23)22(12-15)11-13-5-7-17(20)18(21)9-13/h2-10,12H,11H2,1H3. The normalized spacial score (nSPS) is 10.6. The first-order valence-corrected chi connectivity index (χ1v) is 7.35. The van der Waals surface area contributed by atoms with Gasteiger partial charge in [0.05, 0.1) is 13.7 Å². The van der Waals surface area contributed by atoms with E-state index in [-0.39, 0.29) is 12.1 Å². The third kappa shape index (κ3) is 3.35. The van der Waals surface area contributed by atoms with Gasteiger partial charge >= 0.3 is 0 Å². The molecule has 122 valence electrons. The number of halogens is 2. The molecule has 24 heavy (non-hydrogen) atoms. The monoisotopic (exact) mass is 327 g/mol. The van der Waals surface area contributed by atoms with E-state index in [2.05, 4.69) is 0 Å². The lowest BCUT2D eigenvalue weighted by atomic mass is 10.1. The zero-order valence-corrected chi connectivity index (χ0v) is 13.0. The third-order valence-corrected chi connectivity index (χ3v) is 3.72. The van der Waals surface area contributed by atoms with Gasteiger partial charge in [-0.3, -0.25) is 4.79 Å². The Kier molecular flexibility index (Phi) is 4.42. The highest BCUT2D eigenvalue weighted by Gasteiger charge is 2.06. The summed E-state index contributed by atoms with van der Waals surface area (Å²) in [5.41, 5.74) is 2.02. The van der Waals surface area contributed by atoms with E-state index in [1.54, 1.807) is 19.4 Å². The van der Waals surface area contributed by atoms with Gasteiger partial charge in [-0.1, -0.05) is 18.2 Å². The van der Waals surface area contributed by atoms with E-state index >= 15 is 0 Å². The van der Waals surface area contributed by atoms with Gasteiger partial charge in [0, 0.05) is 12.3 Å². The predicted octanol–water partition coefficient (Wildman–Crippen LogP) is 3.85. The topological polar surface area (TPSA) is 31.2 Å². The Bertz CT molecular complexity index is 935. The molecule has 0 saturated heterocycles. The molecule has 5 heteroatoms. The Hall–Kier alpha value is -2.95. The molecule has 1 heterocycles. The highest BCUT2D eigenvalue weighted by Crippen LogP contribution is 2.23. The van der Waals surface area contributed by atoms with Crippen molar-refractivity contribution in [3.8, 4) is 16.9 Å². The number of nitrogens with zero attached hydrogens (tertiary/aromatic N) is 1. The number of hydrogen-bond acceptors (Lipinski definition) is 2. The maximum Gasteiger partial charge on any atom is 0.250 e. The van der Waals surface area contributed by atoms with Crippen molar-refractivity contribution in [1.82, 2.24) is 4.57 Å². The molecule has 3 aromatic rings. The van der Waals surface area contributed by atoms with Gasteiger partial charge in [-0.15, -0.1) is 0 Å². The Labute approximate surface area is 137 Å². The number of rotatable bonds is 4. The van der Waals surface area contributed by atoms with Crippen molar-refractivity contribution in [1.29, 1.82) is 0 Å². The minimum absolute atomic E-state index is 0.161. The minimum Gasteiger partial charge on any atom is -0.497 e. The van der Waals surface area contributed by atoms with Crippen molar-refractivity contribution < 1.29 is 13.5 Å². The Morgan fingerprint density at radius 1 is 0.958 bits per heavy atom. The average molecular weight is 327 g/mol. The van der Waals surface area contributed by atoms with Crippen LogP contribution >= 0.6 is 0 Å². The first-order chi connectivity index (χ1) is 11.6. The molecule has 2 aromatic carbocycles. The summed E-state index contributed by atoms with van der Waals surface area (Å²) >= 11 is 0. The van der Waals surface area contributed by atoms with E-state index in [0.29, 0.717) is 11.3 Å². The van der Waals surface area contributed by atoms with E-state index in [4.69, 9.17) is 4.74 Å². The zero-order valence-electron chi connectivity index (χ0n) is 13.0. The highest BCUT2D eigenvalue weighted by molar-refractivity contribution is 5.64. The van der Waals surface area contributed by atoms with E-state index in [1.165, 1.54) is 16.7 Å². The van der Waals surface area contributed by atoms with Crippen molar-refractivity contribution in [2.45, 2.75) is 6.54 Å². The van der Waals surface area contributed by atoms with E-state index in [0.717, 1.165) is 23.3 Å². The summed E-state index contributed by atoms with van der Waals surface area (Å²) in [6.07, 6.45) is 1.69. The van der Waals surface area contributed by atoms with Crippen LogP contribution in [-0.2, 0) is 6.54 Å². The lowest BCUT2D eigenvalue weighted by Gasteiger charge is -2.10.